The van der Waals surface area contributed by atoms with Crippen molar-refractivity contribution in [2.75, 3.05) is 25.5 Å². The number of hydrogen-bond acceptors (Lipinski definition) is 5. The first kappa shape index (κ1) is 11.8. The van der Waals surface area contributed by atoms with Crippen molar-refractivity contribution in [3.8, 4) is 0 Å². The van der Waals surface area contributed by atoms with Gasteiger partial charge in [-0.2, -0.15) is 4.98 Å². The molecule has 1 aliphatic rings. The lowest BCUT2D eigenvalue weighted by Gasteiger charge is -2.30. The zero-order chi connectivity index (χ0) is 11.5. The van der Waals surface area contributed by atoms with Crippen molar-refractivity contribution in [3.63, 3.8) is 0 Å². The van der Waals surface area contributed by atoms with Gasteiger partial charge >= 0.3 is 0 Å². The van der Waals surface area contributed by atoms with E-state index in [9.17, 15) is 0 Å². The Morgan fingerprint density at radius 2 is 2.19 bits per heavy atom. The number of aromatic nitrogens is 3. The largest absolute Gasteiger partial charge is 0.363 e. The highest BCUT2D eigenvalue weighted by Gasteiger charge is 2.18. The van der Waals surface area contributed by atoms with Gasteiger partial charge in [-0.15, -0.1) is 10.2 Å². The molecule has 2 heterocycles. The molecule has 1 unspecified atom stereocenters. The van der Waals surface area contributed by atoms with E-state index in [0.717, 1.165) is 25.9 Å². The first-order valence-electron chi connectivity index (χ1n) is 5.16. The van der Waals surface area contributed by atoms with E-state index in [4.69, 9.17) is 23.2 Å². The van der Waals surface area contributed by atoms with Crippen LogP contribution in [-0.4, -0.2) is 46.3 Å². The zero-order valence-electron chi connectivity index (χ0n) is 8.95. The number of halogens is 2. The van der Waals surface area contributed by atoms with Crippen molar-refractivity contribution < 1.29 is 0 Å². The highest BCUT2D eigenvalue weighted by atomic mass is 35.5. The summed E-state index contributed by atoms with van der Waals surface area (Å²) in [5.74, 6) is 0.516. The number of likely N-dealkylation sites (N-methyl/N-ethyl adjacent to an activating group) is 1. The number of likely N-dealkylation sites (tertiary alicyclic amines) is 1. The van der Waals surface area contributed by atoms with E-state index in [1.807, 2.05) is 0 Å². The summed E-state index contributed by atoms with van der Waals surface area (Å²) in [7, 11) is 2.10. The molecular weight excluding hydrogens is 249 g/mol. The monoisotopic (exact) mass is 261 g/mol. The number of hydrogen-bond donors (Lipinski definition) is 1. The number of nitrogens with zero attached hydrogens (tertiary/aromatic N) is 4. The maximum Gasteiger partial charge on any atom is 0.245 e. The molecule has 1 atom stereocenters. The van der Waals surface area contributed by atoms with Gasteiger partial charge in [-0.3, -0.25) is 0 Å². The van der Waals surface area contributed by atoms with Gasteiger partial charge in [0.1, 0.15) is 0 Å². The van der Waals surface area contributed by atoms with Gasteiger partial charge < -0.3 is 10.2 Å². The highest BCUT2D eigenvalue weighted by Crippen LogP contribution is 2.20. The molecule has 0 spiro atoms. The fourth-order valence-corrected chi connectivity index (χ4v) is 2.12. The van der Waals surface area contributed by atoms with E-state index in [1.165, 1.54) is 0 Å². The minimum Gasteiger partial charge on any atom is -0.363 e. The summed E-state index contributed by atoms with van der Waals surface area (Å²) in [5, 5.41) is 10.9. The van der Waals surface area contributed by atoms with Gasteiger partial charge in [-0.1, -0.05) is 11.6 Å². The number of rotatable bonds is 2. The smallest absolute Gasteiger partial charge is 0.245 e. The third kappa shape index (κ3) is 2.93. The third-order valence-corrected chi connectivity index (χ3v) is 3.00. The Balaban J connectivity index is 2.05. The van der Waals surface area contributed by atoms with Crippen LogP contribution in [0.4, 0.5) is 5.82 Å². The van der Waals surface area contributed by atoms with E-state index in [0.29, 0.717) is 11.9 Å². The maximum atomic E-state index is 5.88. The molecule has 1 aromatic rings. The maximum absolute atomic E-state index is 5.88. The van der Waals surface area contributed by atoms with E-state index < -0.39 is 0 Å². The second kappa shape index (κ2) is 5.12. The van der Waals surface area contributed by atoms with Gasteiger partial charge in [-0.25, -0.2) is 0 Å². The molecule has 1 aliphatic heterocycles. The Hall–Kier alpha value is -0.650. The standard InChI is InChI=1S/C9H13Cl2N5/c1-16-4-2-3-6(5-16)12-8-7(10)14-15-9(11)13-8/h6H,2-5H2,1H3,(H,12,13,15). The van der Waals surface area contributed by atoms with Crippen LogP contribution in [0.3, 0.4) is 0 Å². The van der Waals surface area contributed by atoms with Gasteiger partial charge in [0.25, 0.3) is 0 Å². The fraction of sp³-hybridized carbons (Fsp3) is 0.667. The molecule has 5 nitrogen and oxygen atoms in total. The van der Waals surface area contributed by atoms with E-state index in [2.05, 4.69) is 32.4 Å². The van der Waals surface area contributed by atoms with Crippen LogP contribution in [-0.2, 0) is 0 Å². The third-order valence-electron chi connectivity index (χ3n) is 2.59. The lowest BCUT2D eigenvalue weighted by molar-refractivity contribution is 0.260. The van der Waals surface area contributed by atoms with Crippen molar-refractivity contribution in [2.24, 2.45) is 0 Å². The van der Waals surface area contributed by atoms with Gasteiger partial charge in [-0.05, 0) is 38.0 Å². The summed E-state index contributed by atoms with van der Waals surface area (Å²) in [6, 6.07) is 0.337. The molecule has 1 fully saturated rings. The Morgan fingerprint density at radius 1 is 1.38 bits per heavy atom. The van der Waals surface area contributed by atoms with Gasteiger partial charge in [0, 0.05) is 12.6 Å². The predicted octanol–water partition coefficient (Wildman–Crippen LogP) is 1.68. The van der Waals surface area contributed by atoms with Crippen molar-refractivity contribution in [3.05, 3.63) is 10.4 Å². The van der Waals surface area contributed by atoms with Crippen LogP contribution in [0, 0.1) is 0 Å². The molecule has 1 aromatic heterocycles. The number of anilines is 1. The second-order valence-corrected chi connectivity index (χ2v) is 4.66. The highest BCUT2D eigenvalue weighted by molar-refractivity contribution is 6.32. The lowest BCUT2D eigenvalue weighted by atomic mass is 10.1. The first-order valence-corrected chi connectivity index (χ1v) is 5.91. The molecule has 0 radical (unpaired) electrons. The van der Waals surface area contributed by atoms with E-state index in [1.54, 1.807) is 0 Å². The second-order valence-electron chi connectivity index (χ2n) is 3.97. The Labute approximate surface area is 104 Å². The molecule has 16 heavy (non-hydrogen) atoms. The van der Waals surface area contributed by atoms with Crippen LogP contribution in [0.1, 0.15) is 12.8 Å². The normalized spacial score (nSPS) is 22.1. The Morgan fingerprint density at radius 3 is 2.94 bits per heavy atom. The van der Waals surface area contributed by atoms with Crippen LogP contribution in [0.5, 0.6) is 0 Å². The van der Waals surface area contributed by atoms with E-state index >= 15 is 0 Å². The van der Waals surface area contributed by atoms with Crippen molar-refractivity contribution >= 4 is 29.0 Å². The minimum absolute atomic E-state index is 0.107. The molecule has 1 N–H and O–H groups in total. The van der Waals surface area contributed by atoms with Gasteiger partial charge in [0.2, 0.25) is 5.28 Å². The molecule has 0 saturated carbocycles. The topological polar surface area (TPSA) is 53.9 Å². The number of piperidine rings is 1. The molecule has 7 heteroatoms. The molecule has 0 bridgehead atoms. The summed E-state index contributed by atoms with van der Waals surface area (Å²) in [6.45, 7) is 2.10. The Bertz CT molecular complexity index is 373. The van der Waals surface area contributed by atoms with Crippen LogP contribution >= 0.6 is 23.2 Å². The summed E-state index contributed by atoms with van der Waals surface area (Å²) < 4.78 is 0. The van der Waals surface area contributed by atoms with E-state index in [-0.39, 0.29) is 10.4 Å². The SMILES string of the molecule is CN1CCCC(Nc2nc(Cl)nnc2Cl)C1. The predicted molar refractivity (Wildman–Crippen MR) is 64.0 cm³/mol. The van der Waals surface area contributed by atoms with Gasteiger partial charge in [0.05, 0.1) is 0 Å². The van der Waals surface area contributed by atoms with Crippen LogP contribution in [0.25, 0.3) is 0 Å². The summed E-state index contributed by atoms with van der Waals surface area (Å²) in [4.78, 5) is 6.29. The quantitative estimate of drug-likeness (QED) is 0.878. The van der Waals surface area contributed by atoms with Crippen molar-refractivity contribution in [2.45, 2.75) is 18.9 Å². The average Bonchev–Trinajstić information content (AvgIpc) is 2.24. The summed E-state index contributed by atoms with van der Waals surface area (Å²) >= 11 is 11.6. The lowest BCUT2D eigenvalue weighted by Crippen LogP contribution is -2.40. The average molecular weight is 262 g/mol. The molecule has 88 valence electrons. The summed E-state index contributed by atoms with van der Waals surface area (Å²) in [6.07, 6.45) is 2.26. The Kier molecular flexibility index (Phi) is 3.78. The number of nitrogens with one attached hydrogen (secondary N) is 1. The zero-order valence-corrected chi connectivity index (χ0v) is 10.5. The van der Waals surface area contributed by atoms with Gasteiger partial charge in [0.15, 0.2) is 11.0 Å². The molecule has 0 aliphatic carbocycles. The molecule has 2 rings (SSSR count). The molecule has 0 amide bonds. The molecule has 0 aromatic carbocycles. The minimum atomic E-state index is 0.107. The summed E-state index contributed by atoms with van der Waals surface area (Å²) in [5.41, 5.74) is 0. The first-order chi connectivity index (χ1) is 7.65. The van der Waals surface area contributed by atoms with Crippen LogP contribution in [0.2, 0.25) is 10.4 Å². The van der Waals surface area contributed by atoms with Crippen molar-refractivity contribution in [1.82, 2.24) is 20.1 Å². The van der Waals surface area contributed by atoms with Crippen LogP contribution < -0.4 is 5.32 Å². The fourth-order valence-electron chi connectivity index (χ4n) is 1.86. The molecular formula is C9H13Cl2N5. The van der Waals surface area contributed by atoms with Crippen molar-refractivity contribution in [1.29, 1.82) is 0 Å². The van der Waals surface area contributed by atoms with Crippen LogP contribution in [0.15, 0.2) is 0 Å². The molecule has 1 saturated heterocycles.